The molecule has 0 aliphatic rings. The molecule has 0 unspecified atom stereocenters. The molecule has 1 aromatic rings. The van der Waals surface area contributed by atoms with Gasteiger partial charge in [-0.1, -0.05) is 19.9 Å². The SMILES string of the molecule is CSc1cccc(NC(=O)CS(=O)(=O)CC(C)C)c1. The Labute approximate surface area is 118 Å². The average molecular weight is 301 g/mol. The summed E-state index contributed by atoms with van der Waals surface area (Å²) in [6.07, 6.45) is 1.94. The van der Waals surface area contributed by atoms with E-state index in [1.54, 1.807) is 17.8 Å². The number of thioether (sulfide) groups is 1. The Morgan fingerprint density at radius 2 is 2.05 bits per heavy atom. The largest absolute Gasteiger partial charge is 0.325 e. The van der Waals surface area contributed by atoms with Crippen LogP contribution in [0.25, 0.3) is 0 Å². The molecule has 19 heavy (non-hydrogen) atoms. The van der Waals surface area contributed by atoms with Gasteiger partial charge < -0.3 is 5.32 Å². The number of rotatable bonds is 6. The molecular formula is C13H19NO3S2. The van der Waals surface area contributed by atoms with E-state index in [1.807, 2.05) is 38.3 Å². The van der Waals surface area contributed by atoms with Gasteiger partial charge in [-0.05, 0) is 30.4 Å². The number of hydrogen-bond donors (Lipinski definition) is 1. The number of anilines is 1. The zero-order valence-corrected chi connectivity index (χ0v) is 13.0. The maximum absolute atomic E-state index is 11.7. The second-order valence-corrected chi connectivity index (χ2v) is 7.72. The lowest BCUT2D eigenvalue weighted by Gasteiger charge is -2.08. The van der Waals surface area contributed by atoms with Crippen LogP contribution in [0.15, 0.2) is 29.2 Å². The van der Waals surface area contributed by atoms with Crippen molar-refractivity contribution in [1.82, 2.24) is 0 Å². The van der Waals surface area contributed by atoms with Gasteiger partial charge in [0, 0.05) is 10.6 Å². The third-order valence-electron chi connectivity index (χ3n) is 2.29. The predicted octanol–water partition coefficient (Wildman–Crippen LogP) is 2.42. The summed E-state index contributed by atoms with van der Waals surface area (Å²) >= 11 is 1.56. The second kappa shape index (κ2) is 6.96. The molecular weight excluding hydrogens is 282 g/mol. The van der Waals surface area contributed by atoms with Crippen LogP contribution in [0.4, 0.5) is 5.69 Å². The van der Waals surface area contributed by atoms with Gasteiger partial charge in [-0.2, -0.15) is 0 Å². The van der Waals surface area contributed by atoms with Crippen LogP contribution < -0.4 is 5.32 Å². The van der Waals surface area contributed by atoms with Gasteiger partial charge in [-0.3, -0.25) is 4.79 Å². The first kappa shape index (κ1) is 16.0. The fourth-order valence-corrected chi connectivity index (χ4v) is 3.73. The van der Waals surface area contributed by atoms with Crippen molar-refractivity contribution in [3.8, 4) is 0 Å². The van der Waals surface area contributed by atoms with Crippen LogP contribution in [0.2, 0.25) is 0 Å². The number of amides is 1. The first-order valence-corrected chi connectivity index (χ1v) is 9.01. The molecule has 1 amide bonds. The molecule has 0 fully saturated rings. The van der Waals surface area contributed by atoms with E-state index in [2.05, 4.69) is 5.32 Å². The number of sulfone groups is 1. The molecule has 4 nitrogen and oxygen atoms in total. The molecule has 1 aromatic carbocycles. The topological polar surface area (TPSA) is 63.2 Å². The van der Waals surface area contributed by atoms with Crippen molar-refractivity contribution >= 4 is 33.2 Å². The minimum Gasteiger partial charge on any atom is -0.325 e. The van der Waals surface area contributed by atoms with Crippen molar-refractivity contribution in [3.63, 3.8) is 0 Å². The smallest absolute Gasteiger partial charge is 0.239 e. The van der Waals surface area contributed by atoms with Crippen molar-refractivity contribution in [1.29, 1.82) is 0 Å². The Balaban J connectivity index is 2.65. The van der Waals surface area contributed by atoms with E-state index in [9.17, 15) is 13.2 Å². The number of nitrogens with one attached hydrogen (secondary N) is 1. The van der Waals surface area contributed by atoms with Crippen LogP contribution >= 0.6 is 11.8 Å². The van der Waals surface area contributed by atoms with Gasteiger partial charge in [-0.25, -0.2) is 8.42 Å². The summed E-state index contributed by atoms with van der Waals surface area (Å²) in [7, 11) is -3.33. The van der Waals surface area contributed by atoms with E-state index < -0.39 is 21.5 Å². The van der Waals surface area contributed by atoms with E-state index in [0.29, 0.717) is 5.69 Å². The van der Waals surface area contributed by atoms with Gasteiger partial charge >= 0.3 is 0 Å². The van der Waals surface area contributed by atoms with Gasteiger partial charge in [-0.15, -0.1) is 11.8 Å². The first-order chi connectivity index (χ1) is 8.82. The van der Waals surface area contributed by atoms with Gasteiger partial charge in [0.1, 0.15) is 5.75 Å². The minimum atomic E-state index is -3.33. The lowest BCUT2D eigenvalue weighted by Crippen LogP contribution is -2.26. The molecule has 106 valence electrons. The van der Waals surface area contributed by atoms with Gasteiger partial charge in [0.05, 0.1) is 5.75 Å². The molecule has 0 aliphatic heterocycles. The van der Waals surface area contributed by atoms with Gasteiger partial charge in [0.2, 0.25) is 5.91 Å². The number of carbonyl (C=O) groups excluding carboxylic acids is 1. The summed E-state index contributed by atoms with van der Waals surface area (Å²) in [5.41, 5.74) is 0.622. The summed E-state index contributed by atoms with van der Waals surface area (Å²) in [5, 5.41) is 2.61. The monoisotopic (exact) mass is 301 g/mol. The molecule has 0 aliphatic carbocycles. The molecule has 0 radical (unpaired) electrons. The normalized spacial score (nSPS) is 11.6. The molecule has 0 heterocycles. The Morgan fingerprint density at radius 3 is 2.63 bits per heavy atom. The van der Waals surface area contributed by atoms with Crippen LogP contribution in [0.3, 0.4) is 0 Å². The highest BCUT2D eigenvalue weighted by molar-refractivity contribution is 7.98. The predicted molar refractivity (Wildman–Crippen MR) is 80.3 cm³/mol. The highest BCUT2D eigenvalue weighted by Gasteiger charge is 2.18. The Kier molecular flexibility index (Phi) is 5.87. The standard InChI is InChI=1S/C13H19NO3S2/c1-10(2)8-19(16,17)9-13(15)14-11-5-4-6-12(7-11)18-3/h4-7,10H,8-9H2,1-3H3,(H,14,15). The lowest BCUT2D eigenvalue weighted by molar-refractivity contribution is -0.113. The molecule has 1 N–H and O–H groups in total. The van der Waals surface area contributed by atoms with Crippen LogP contribution in [0, 0.1) is 5.92 Å². The van der Waals surface area contributed by atoms with Crippen molar-refractivity contribution in [2.24, 2.45) is 5.92 Å². The Morgan fingerprint density at radius 1 is 1.37 bits per heavy atom. The maximum Gasteiger partial charge on any atom is 0.239 e. The van der Waals surface area contributed by atoms with E-state index in [0.717, 1.165) is 4.90 Å². The van der Waals surface area contributed by atoms with Crippen LogP contribution in [-0.4, -0.2) is 32.1 Å². The zero-order chi connectivity index (χ0) is 14.5. The molecule has 0 atom stereocenters. The molecule has 0 spiro atoms. The number of benzene rings is 1. The molecule has 6 heteroatoms. The quantitative estimate of drug-likeness (QED) is 0.820. The summed E-state index contributed by atoms with van der Waals surface area (Å²) in [6, 6.07) is 7.31. The van der Waals surface area contributed by atoms with Crippen molar-refractivity contribution in [2.45, 2.75) is 18.7 Å². The summed E-state index contributed by atoms with van der Waals surface area (Å²) in [5.74, 6) is -0.892. The van der Waals surface area contributed by atoms with Crippen molar-refractivity contribution < 1.29 is 13.2 Å². The van der Waals surface area contributed by atoms with Crippen molar-refractivity contribution in [3.05, 3.63) is 24.3 Å². The van der Waals surface area contributed by atoms with E-state index in [-0.39, 0.29) is 11.7 Å². The van der Waals surface area contributed by atoms with Gasteiger partial charge in [0.25, 0.3) is 0 Å². The molecule has 0 saturated heterocycles. The van der Waals surface area contributed by atoms with Gasteiger partial charge in [0.15, 0.2) is 9.84 Å². The first-order valence-electron chi connectivity index (χ1n) is 5.97. The second-order valence-electron chi connectivity index (χ2n) is 4.73. The van der Waals surface area contributed by atoms with Crippen LogP contribution in [0.5, 0.6) is 0 Å². The molecule has 0 bridgehead atoms. The van der Waals surface area contributed by atoms with E-state index >= 15 is 0 Å². The van der Waals surface area contributed by atoms with E-state index in [4.69, 9.17) is 0 Å². The summed E-state index contributed by atoms with van der Waals surface area (Å²) in [6.45, 7) is 3.63. The van der Waals surface area contributed by atoms with Crippen LogP contribution in [-0.2, 0) is 14.6 Å². The molecule has 1 rings (SSSR count). The van der Waals surface area contributed by atoms with Crippen LogP contribution in [0.1, 0.15) is 13.8 Å². The summed E-state index contributed by atoms with van der Waals surface area (Å²) < 4.78 is 23.4. The minimum absolute atomic E-state index is 0.0256. The van der Waals surface area contributed by atoms with Crippen molar-refractivity contribution in [2.75, 3.05) is 23.1 Å². The fraction of sp³-hybridized carbons (Fsp3) is 0.462. The molecule has 0 aromatic heterocycles. The maximum atomic E-state index is 11.7. The third-order valence-corrected chi connectivity index (χ3v) is 4.89. The third kappa shape index (κ3) is 6.11. The highest BCUT2D eigenvalue weighted by atomic mass is 32.2. The fourth-order valence-electron chi connectivity index (χ4n) is 1.66. The van der Waals surface area contributed by atoms with E-state index in [1.165, 1.54) is 0 Å². The Bertz CT molecular complexity index is 539. The summed E-state index contributed by atoms with van der Waals surface area (Å²) in [4.78, 5) is 12.7. The highest BCUT2D eigenvalue weighted by Crippen LogP contribution is 2.18. The lowest BCUT2D eigenvalue weighted by atomic mass is 10.3. The molecule has 0 saturated carbocycles. The zero-order valence-electron chi connectivity index (χ0n) is 11.3. The number of carbonyl (C=O) groups is 1. The Hall–Kier alpha value is -1.01. The number of hydrogen-bond acceptors (Lipinski definition) is 4. The average Bonchev–Trinajstić information content (AvgIpc) is 2.26.